The molecule has 20 heavy (non-hydrogen) atoms. The maximum atomic E-state index is 12.3. The molecule has 5 nitrogen and oxygen atoms in total. The number of amides is 1. The van der Waals surface area contributed by atoms with Crippen LogP contribution in [0.15, 0.2) is 12.4 Å². The summed E-state index contributed by atoms with van der Waals surface area (Å²) in [6.45, 7) is 5.25. The Morgan fingerprint density at radius 3 is 2.80 bits per heavy atom. The predicted molar refractivity (Wildman–Crippen MR) is 77.5 cm³/mol. The number of nitrogens with one attached hydrogen (secondary N) is 1. The van der Waals surface area contributed by atoms with Crippen LogP contribution in [0, 0.1) is 12.3 Å². The Kier molecular flexibility index (Phi) is 4.81. The lowest BCUT2D eigenvalue weighted by Crippen LogP contribution is -2.41. The number of hydrogen-bond acceptors (Lipinski definition) is 3. The first-order valence-electron chi connectivity index (χ1n) is 7.34. The van der Waals surface area contributed by atoms with Gasteiger partial charge in [0.05, 0.1) is 6.61 Å². The van der Waals surface area contributed by atoms with Crippen molar-refractivity contribution in [3.63, 3.8) is 0 Å². The summed E-state index contributed by atoms with van der Waals surface area (Å²) in [5, 5.41) is 3.10. The molecule has 0 aromatic carbocycles. The Labute approximate surface area is 120 Å². The van der Waals surface area contributed by atoms with Crippen molar-refractivity contribution in [2.24, 2.45) is 5.41 Å². The summed E-state index contributed by atoms with van der Waals surface area (Å²) in [6, 6.07) is -0.224. The molecule has 1 aromatic heterocycles. The van der Waals surface area contributed by atoms with Gasteiger partial charge in [-0.3, -0.25) is 4.79 Å². The van der Waals surface area contributed by atoms with Crippen molar-refractivity contribution in [3.8, 4) is 0 Å². The number of aryl methyl sites for hydroxylation is 1. The highest BCUT2D eigenvalue weighted by Gasteiger charge is 2.34. The van der Waals surface area contributed by atoms with E-state index < -0.39 is 0 Å². The molecule has 5 heteroatoms. The molecule has 0 aliphatic heterocycles. The lowest BCUT2D eigenvalue weighted by molar-refractivity contribution is -0.124. The van der Waals surface area contributed by atoms with E-state index in [1.165, 1.54) is 12.8 Å². The number of carbonyl (C=O) groups is 1. The minimum Gasteiger partial charge on any atom is -0.384 e. The minimum absolute atomic E-state index is 0.0495. The summed E-state index contributed by atoms with van der Waals surface area (Å²) < 4.78 is 7.24. The smallest absolute Gasteiger partial charge is 0.242 e. The second kappa shape index (κ2) is 6.39. The van der Waals surface area contributed by atoms with Crippen LogP contribution in [0.2, 0.25) is 0 Å². The van der Waals surface area contributed by atoms with Gasteiger partial charge in [0.1, 0.15) is 11.9 Å². The van der Waals surface area contributed by atoms with Gasteiger partial charge >= 0.3 is 0 Å². The molecule has 1 aliphatic carbocycles. The van der Waals surface area contributed by atoms with Gasteiger partial charge in [-0.2, -0.15) is 0 Å². The fourth-order valence-corrected chi connectivity index (χ4v) is 3.15. The van der Waals surface area contributed by atoms with E-state index in [0.29, 0.717) is 6.54 Å². The fourth-order valence-electron chi connectivity index (χ4n) is 3.15. The standard InChI is InChI=1S/C15H25N3O2/c1-12(18-9-8-16-13(18)2)14(19)17-10-15(11-20-3)6-4-5-7-15/h8-9,12H,4-7,10-11H2,1-3H3,(H,17,19). The van der Waals surface area contributed by atoms with Gasteiger partial charge in [-0.15, -0.1) is 0 Å². The molecule has 0 spiro atoms. The molecule has 1 saturated carbocycles. The fraction of sp³-hybridized carbons (Fsp3) is 0.733. The van der Waals surface area contributed by atoms with Crippen LogP contribution in [0.4, 0.5) is 0 Å². The van der Waals surface area contributed by atoms with E-state index in [9.17, 15) is 4.79 Å². The maximum absolute atomic E-state index is 12.3. The lowest BCUT2D eigenvalue weighted by atomic mass is 9.87. The molecule has 0 bridgehead atoms. The molecule has 1 atom stereocenters. The van der Waals surface area contributed by atoms with Gasteiger partial charge in [-0.25, -0.2) is 4.98 Å². The van der Waals surface area contributed by atoms with Gasteiger partial charge in [0.15, 0.2) is 0 Å². The van der Waals surface area contributed by atoms with Crippen LogP contribution in [0.5, 0.6) is 0 Å². The SMILES string of the molecule is COCC1(CNC(=O)C(C)n2ccnc2C)CCCC1. The van der Waals surface area contributed by atoms with Gasteiger partial charge in [0, 0.05) is 31.5 Å². The van der Waals surface area contributed by atoms with E-state index in [0.717, 1.165) is 25.3 Å². The summed E-state index contributed by atoms with van der Waals surface area (Å²) >= 11 is 0. The first-order chi connectivity index (χ1) is 9.58. The molecule has 112 valence electrons. The number of aromatic nitrogens is 2. The predicted octanol–water partition coefficient (Wildman–Crippen LogP) is 2.08. The highest BCUT2D eigenvalue weighted by atomic mass is 16.5. The van der Waals surface area contributed by atoms with Crippen LogP contribution in [-0.4, -0.2) is 35.7 Å². The molecule has 1 N–H and O–H groups in total. The van der Waals surface area contributed by atoms with E-state index >= 15 is 0 Å². The number of rotatable bonds is 6. The highest BCUT2D eigenvalue weighted by molar-refractivity contribution is 5.80. The van der Waals surface area contributed by atoms with Crippen LogP contribution in [0.25, 0.3) is 0 Å². The Balaban J connectivity index is 1.93. The van der Waals surface area contributed by atoms with Crippen LogP contribution in [-0.2, 0) is 9.53 Å². The molecule has 0 radical (unpaired) electrons. The zero-order chi connectivity index (χ0) is 14.6. The van der Waals surface area contributed by atoms with Crippen molar-refractivity contribution in [2.75, 3.05) is 20.3 Å². The van der Waals surface area contributed by atoms with Gasteiger partial charge in [0.25, 0.3) is 0 Å². The van der Waals surface area contributed by atoms with Gasteiger partial charge < -0.3 is 14.6 Å². The highest BCUT2D eigenvalue weighted by Crippen LogP contribution is 2.37. The summed E-state index contributed by atoms with van der Waals surface area (Å²) in [6.07, 6.45) is 8.31. The van der Waals surface area contributed by atoms with Crippen molar-refractivity contribution in [1.82, 2.24) is 14.9 Å². The molecule has 1 aromatic rings. The van der Waals surface area contributed by atoms with Crippen molar-refractivity contribution < 1.29 is 9.53 Å². The number of methoxy groups -OCH3 is 1. The van der Waals surface area contributed by atoms with Crippen molar-refractivity contribution >= 4 is 5.91 Å². The average Bonchev–Trinajstić information content (AvgIpc) is 3.05. The third-order valence-corrected chi connectivity index (χ3v) is 4.41. The van der Waals surface area contributed by atoms with Crippen molar-refractivity contribution in [2.45, 2.75) is 45.6 Å². The summed E-state index contributed by atoms with van der Waals surface area (Å²) in [5.74, 6) is 0.911. The maximum Gasteiger partial charge on any atom is 0.242 e. The number of ether oxygens (including phenoxy) is 1. The van der Waals surface area contributed by atoms with Gasteiger partial charge in [0.2, 0.25) is 5.91 Å². The van der Waals surface area contributed by atoms with E-state index in [1.807, 2.05) is 24.6 Å². The van der Waals surface area contributed by atoms with Crippen molar-refractivity contribution in [1.29, 1.82) is 0 Å². The van der Waals surface area contributed by atoms with Crippen LogP contribution in [0.1, 0.15) is 44.5 Å². The first kappa shape index (κ1) is 15.0. The number of carbonyl (C=O) groups excluding carboxylic acids is 1. The molecule has 1 unspecified atom stereocenters. The third-order valence-electron chi connectivity index (χ3n) is 4.41. The Hall–Kier alpha value is -1.36. The molecule has 0 saturated heterocycles. The zero-order valence-corrected chi connectivity index (χ0v) is 12.7. The van der Waals surface area contributed by atoms with Gasteiger partial charge in [-0.05, 0) is 26.7 Å². The Morgan fingerprint density at radius 2 is 2.25 bits per heavy atom. The zero-order valence-electron chi connectivity index (χ0n) is 12.7. The molecule has 1 fully saturated rings. The average molecular weight is 279 g/mol. The van der Waals surface area contributed by atoms with E-state index in [4.69, 9.17) is 4.74 Å². The monoisotopic (exact) mass is 279 g/mol. The largest absolute Gasteiger partial charge is 0.384 e. The minimum atomic E-state index is -0.224. The molecule has 1 amide bonds. The number of nitrogens with zero attached hydrogens (tertiary/aromatic N) is 2. The Morgan fingerprint density at radius 1 is 1.55 bits per heavy atom. The molecule has 2 rings (SSSR count). The summed E-state index contributed by atoms with van der Waals surface area (Å²) in [7, 11) is 1.74. The molecule has 1 aliphatic rings. The van der Waals surface area contributed by atoms with E-state index in [-0.39, 0.29) is 17.4 Å². The third kappa shape index (κ3) is 3.20. The van der Waals surface area contributed by atoms with Crippen LogP contribution < -0.4 is 5.32 Å². The quantitative estimate of drug-likeness (QED) is 0.867. The van der Waals surface area contributed by atoms with Crippen LogP contribution >= 0.6 is 0 Å². The lowest BCUT2D eigenvalue weighted by Gasteiger charge is -2.29. The van der Waals surface area contributed by atoms with Gasteiger partial charge in [-0.1, -0.05) is 12.8 Å². The molecular weight excluding hydrogens is 254 g/mol. The van der Waals surface area contributed by atoms with Crippen LogP contribution in [0.3, 0.4) is 0 Å². The summed E-state index contributed by atoms with van der Waals surface area (Å²) in [5.41, 5.74) is 0.133. The topological polar surface area (TPSA) is 56.1 Å². The number of imidazole rings is 1. The second-order valence-electron chi connectivity index (χ2n) is 5.92. The van der Waals surface area contributed by atoms with E-state index in [2.05, 4.69) is 10.3 Å². The Bertz CT molecular complexity index is 450. The van der Waals surface area contributed by atoms with E-state index in [1.54, 1.807) is 13.3 Å². The second-order valence-corrected chi connectivity index (χ2v) is 5.92. The molecule has 1 heterocycles. The first-order valence-corrected chi connectivity index (χ1v) is 7.34. The van der Waals surface area contributed by atoms with Crippen molar-refractivity contribution in [3.05, 3.63) is 18.2 Å². The molecular formula is C15H25N3O2. The summed E-state index contributed by atoms with van der Waals surface area (Å²) in [4.78, 5) is 16.5. The number of hydrogen-bond donors (Lipinski definition) is 1. The normalized spacial score (nSPS) is 18.9.